The van der Waals surface area contributed by atoms with Gasteiger partial charge in [0.2, 0.25) is 5.91 Å². The van der Waals surface area contributed by atoms with Gasteiger partial charge in [-0.3, -0.25) is 9.78 Å². The number of rotatable bonds is 4. The van der Waals surface area contributed by atoms with Crippen molar-refractivity contribution in [2.24, 2.45) is 0 Å². The van der Waals surface area contributed by atoms with Gasteiger partial charge in [-0.2, -0.15) is 0 Å². The summed E-state index contributed by atoms with van der Waals surface area (Å²) >= 11 is 0. The molecular weight excluding hydrogens is 417 g/mol. The lowest BCUT2D eigenvalue weighted by Gasteiger charge is -2.68. The van der Waals surface area contributed by atoms with Gasteiger partial charge in [0.15, 0.2) is 0 Å². The first-order valence-electron chi connectivity index (χ1n) is 11.7. The summed E-state index contributed by atoms with van der Waals surface area (Å²) in [7, 11) is 16.9. The molecule has 0 aliphatic carbocycles. The molecule has 7 nitrogen and oxygen atoms in total. The normalized spacial score (nSPS) is 20.5. The van der Waals surface area contributed by atoms with Crippen molar-refractivity contribution in [3.63, 3.8) is 0 Å². The minimum absolute atomic E-state index is 0.120. The molecule has 15 heteroatoms. The van der Waals surface area contributed by atoms with E-state index >= 15 is 0 Å². The molecule has 0 aromatic carbocycles. The summed E-state index contributed by atoms with van der Waals surface area (Å²) in [5, 5.41) is 2.26. The molecule has 4 rings (SSSR count). The third kappa shape index (κ3) is 4.24. The molecule has 0 bridgehead atoms. The predicted octanol–water partition coefficient (Wildman–Crippen LogP) is -6.36. The van der Waals surface area contributed by atoms with E-state index in [1.54, 1.807) is 18.6 Å². The number of nitrogens with one attached hydrogen (secondary N) is 1. The Kier molecular flexibility index (Phi) is 6.10. The second kappa shape index (κ2) is 8.38. The monoisotopic (exact) mass is 445 g/mol. The number of hydrogen-bond acceptors (Lipinski definition) is 6. The van der Waals surface area contributed by atoms with E-state index < -0.39 is 10.8 Å². The van der Waals surface area contributed by atoms with E-state index in [0.717, 1.165) is 22.2 Å². The zero-order chi connectivity index (χ0) is 24.9. The van der Waals surface area contributed by atoms with E-state index in [1.807, 2.05) is 30.3 Å². The summed E-state index contributed by atoms with van der Waals surface area (Å²) in [4.78, 5) is 28.9. The molecule has 1 amide bonds. The maximum absolute atomic E-state index is 13.2. The topological polar surface area (TPSA) is 80.2 Å². The summed E-state index contributed by atoms with van der Waals surface area (Å²) in [6, 6.07) is 9.60. The largest absolute Gasteiger partial charge is 0.403 e. The van der Waals surface area contributed by atoms with Gasteiger partial charge in [-0.1, -0.05) is 0 Å². The molecule has 164 valence electrons. The van der Waals surface area contributed by atoms with Gasteiger partial charge in [0, 0.05) is 46.4 Å². The predicted molar refractivity (Wildman–Crippen MR) is 158 cm³/mol. The van der Waals surface area contributed by atoms with Gasteiger partial charge in [0.25, 0.3) is 0 Å². The Bertz CT molecular complexity index is 1220. The third-order valence-electron chi connectivity index (χ3n) is 7.91. The molecule has 0 atom stereocenters. The summed E-state index contributed by atoms with van der Waals surface area (Å²) in [5.41, 5.74) is 2.53. The Balaban J connectivity index is 1.59. The molecule has 0 radical (unpaired) electrons. The minimum atomic E-state index is -0.444. The molecule has 1 aliphatic rings. The van der Waals surface area contributed by atoms with Crippen molar-refractivity contribution in [2.75, 3.05) is 11.9 Å². The minimum Gasteiger partial charge on any atom is -0.403 e. The Morgan fingerprint density at radius 3 is 2.26 bits per heavy atom. The van der Waals surface area contributed by atoms with Crippen molar-refractivity contribution in [2.45, 2.75) is 21.5 Å². The van der Waals surface area contributed by atoms with Crippen LogP contribution in [0.15, 0.2) is 48.9 Å². The second-order valence-electron chi connectivity index (χ2n) is 11.1. The zero-order valence-electron chi connectivity index (χ0n) is 21.4. The second-order valence-corrected chi connectivity index (χ2v) is 11.1. The van der Waals surface area contributed by atoms with E-state index in [9.17, 15) is 4.79 Å². The number of carbonyl (C=O) groups excluding carboxylic acids is 1. The maximum atomic E-state index is 13.2. The van der Waals surface area contributed by atoms with E-state index in [4.69, 9.17) is 9.72 Å². The third-order valence-corrected chi connectivity index (χ3v) is 7.91. The highest BCUT2D eigenvalue weighted by Gasteiger charge is 2.58. The van der Waals surface area contributed by atoms with E-state index in [-0.39, 0.29) is 23.1 Å². The van der Waals surface area contributed by atoms with Crippen LogP contribution in [0.1, 0.15) is 0 Å². The van der Waals surface area contributed by atoms with Crippen LogP contribution in [0.25, 0.3) is 22.2 Å². The highest BCUT2D eigenvalue weighted by Crippen LogP contribution is 2.39. The fourth-order valence-electron chi connectivity index (χ4n) is 4.72. The first-order chi connectivity index (χ1) is 15.7. The Morgan fingerprint density at radius 1 is 0.971 bits per heavy atom. The standard InChI is InChI=1S/C19H27B8N5O2/c20-16(21)18(24,25)34-19(26,27)17(22,23)32(16)9-15(33)31-14-6-13-11(8-29-14)3-4-12(30-13)10-2-1-5-28-7-10/h1-8H,9,20-27H2,(H,29,31,33). The lowest BCUT2D eigenvalue weighted by molar-refractivity contribution is -0.131. The Morgan fingerprint density at radius 2 is 1.65 bits per heavy atom. The molecule has 1 aliphatic heterocycles. The van der Waals surface area contributed by atoms with Crippen LogP contribution in [0, 0.1) is 0 Å². The van der Waals surface area contributed by atoms with Crippen molar-refractivity contribution in [1.82, 2.24) is 19.9 Å². The summed E-state index contributed by atoms with van der Waals surface area (Å²) in [6.07, 6.45) is 5.26. The van der Waals surface area contributed by atoms with Crippen molar-refractivity contribution in [3.8, 4) is 11.3 Å². The number of amides is 1. The zero-order valence-corrected chi connectivity index (χ0v) is 21.4. The van der Waals surface area contributed by atoms with Gasteiger partial charge in [0.05, 0.1) is 17.8 Å². The van der Waals surface area contributed by atoms with Crippen LogP contribution < -0.4 is 5.32 Å². The van der Waals surface area contributed by atoms with Gasteiger partial charge in [-0.15, -0.1) is 0 Å². The van der Waals surface area contributed by atoms with Crippen molar-refractivity contribution >= 4 is 85.4 Å². The van der Waals surface area contributed by atoms with Crippen LogP contribution >= 0.6 is 0 Å². The first-order valence-corrected chi connectivity index (χ1v) is 11.7. The molecule has 4 heterocycles. The van der Waals surface area contributed by atoms with Crippen molar-refractivity contribution < 1.29 is 9.53 Å². The van der Waals surface area contributed by atoms with E-state index in [2.05, 4.69) is 83.0 Å². The average molecular weight is 444 g/mol. The molecule has 34 heavy (non-hydrogen) atoms. The van der Waals surface area contributed by atoms with Crippen LogP contribution in [-0.2, 0) is 9.53 Å². The molecule has 0 unspecified atom stereocenters. The number of pyridine rings is 3. The number of fused-ring (bicyclic) bond motifs is 1. The highest BCUT2D eigenvalue weighted by atomic mass is 16.5. The Hall–Kier alpha value is -2.38. The lowest BCUT2D eigenvalue weighted by Crippen LogP contribution is -2.86. The number of aromatic nitrogens is 3. The molecule has 1 fully saturated rings. The van der Waals surface area contributed by atoms with Crippen LogP contribution in [-0.4, -0.2) is 117 Å². The smallest absolute Gasteiger partial charge is 0.239 e. The summed E-state index contributed by atoms with van der Waals surface area (Å²) in [5.74, 6) is 0.362. The van der Waals surface area contributed by atoms with Gasteiger partial charge in [-0.25, -0.2) is 9.97 Å². The van der Waals surface area contributed by atoms with Crippen molar-refractivity contribution in [3.05, 3.63) is 48.9 Å². The van der Waals surface area contributed by atoms with Gasteiger partial charge in [-0.05, 0) is 34.9 Å². The fourth-order valence-corrected chi connectivity index (χ4v) is 4.72. The summed E-state index contributed by atoms with van der Waals surface area (Å²) < 4.78 is 6.52. The van der Waals surface area contributed by atoms with Crippen LogP contribution in [0.3, 0.4) is 0 Å². The molecule has 0 spiro atoms. The molecule has 0 saturated carbocycles. The van der Waals surface area contributed by atoms with Crippen LogP contribution in [0.5, 0.6) is 0 Å². The number of carbonyl (C=O) groups is 1. The maximum Gasteiger partial charge on any atom is 0.239 e. The van der Waals surface area contributed by atoms with Gasteiger partial charge < -0.3 is 15.0 Å². The lowest BCUT2D eigenvalue weighted by atomic mass is 9.30. The van der Waals surface area contributed by atoms with Crippen molar-refractivity contribution in [1.29, 1.82) is 0 Å². The van der Waals surface area contributed by atoms with Crippen LogP contribution in [0.2, 0.25) is 0 Å². The number of nitrogens with zero attached hydrogens (tertiary/aromatic N) is 4. The van der Waals surface area contributed by atoms with Gasteiger partial charge in [0.1, 0.15) is 68.6 Å². The molecule has 1 saturated heterocycles. The number of morpholine rings is 1. The van der Waals surface area contributed by atoms with Gasteiger partial charge >= 0.3 is 0 Å². The van der Waals surface area contributed by atoms with E-state index in [0.29, 0.717) is 5.82 Å². The number of hydrogen-bond donors (Lipinski definition) is 1. The molecule has 1 N–H and O–H groups in total. The Labute approximate surface area is 208 Å². The highest BCUT2D eigenvalue weighted by molar-refractivity contribution is 6.59. The van der Waals surface area contributed by atoms with Crippen LogP contribution in [0.4, 0.5) is 5.82 Å². The molecular formula is C19H27B8N5O2. The SMILES string of the molecule is BC1(B)OC(B)(B)C(B)(B)N(CC(=O)Nc2cc3nc(-c4cccnc4)ccc3cn2)C1(B)B. The number of ether oxygens (including phenoxy) is 1. The molecule has 3 aromatic heterocycles. The first kappa shape index (κ1) is 24.7. The average Bonchev–Trinajstić information content (AvgIpc) is 2.75. The van der Waals surface area contributed by atoms with E-state index in [1.165, 1.54) is 0 Å². The summed E-state index contributed by atoms with van der Waals surface area (Å²) in [6.45, 7) is 0.221. The fraction of sp³-hybridized carbons (Fsp3) is 0.263. The number of anilines is 1. The quantitative estimate of drug-likeness (QED) is 0.404. The molecule has 3 aromatic rings.